The van der Waals surface area contributed by atoms with E-state index in [2.05, 4.69) is 31.9 Å². The van der Waals surface area contributed by atoms with Gasteiger partial charge in [-0.2, -0.15) is 0 Å². The van der Waals surface area contributed by atoms with Gasteiger partial charge in [0.2, 0.25) is 0 Å². The van der Waals surface area contributed by atoms with Gasteiger partial charge in [0.15, 0.2) is 5.82 Å². The predicted molar refractivity (Wildman–Crippen MR) is 138 cm³/mol. The SMILES string of the molecule is CC.CCCNc1nc(-c2ccc(NSc3cc(C)ccn3)c(Cl)c2)nc(N)c1C(C)=N. The Morgan fingerprint density at radius 2 is 1.94 bits per heavy atom. The molecule has 1 aromatic carbocycles. The minimum atomic E-state index is 0.269. The predicted octanol–water partition coefficient (Wildman–Crippen LogP) is 6.44. The van der Waals surface area contributed by atoms with Crippen LogP contribution in [0.25, 0.3) is 11.4 Å². The number of rotatable bonds is 8. The molecule has 3 rings (SSSR count). The Hall–Kier alpha value is -2.84. The fourth-order valence-corrected chi connectivity index (χ4v) is 3.79. The van der Waals surface area contributed by atoms with Crippen LogP contribution < -0.4 is 15.8 Å². The highest BCUT2D eigenvalue weighted by Crippen LogP contribution is 2.32. The van der Waals surface area contributed by atoms with Crippen LogP contribution >= 0.6 is 23.5 Å². The summed E-state index contributed by atoms with van der Waals surface area (Å²) in [6.07, 6.45) is 2.70. The van der Waals surface area contributed by atoms with E-state index in [0.29, 0.717) is 27.9 Å². The minimum absolute atomic E-state index is 0.269. The molecule has 2 aromatic heterocycles. The summed E-state index contributed by atoms with van der Waals surface area (Å²) in [7, 11) is 0. The zero-order chi connectivity index (χ0) is 23.7. The third-order valence-electron chi connectivity index (χ3n) is 4.24. The number of nitrogen functional groups attached to an aromatic ring is 1. The maximum Gasteiger partial charge on any atom is 0.163 e. The summed E-state index contributed by atoms with van der Waals surface area (Å²) in [5.74, 6) is 1.29. The van der Waals surface area contributed by atoms with Crippen LogP contribution in [0.5, 0.6) is 0 Å². The third-order valence-corrected chi connectivity index (χ3v) is 5.30. The van der Waals surface area contributed by atoms with Crippen LogP contribution in [0.15, 0.2) is 41.6 Å². The summed E-state index contributed by atoms with van der Waals surface area (Å²) in [5, 5.41) is 12.6. The van der Waals surface area contributed by atoms with Crippen LogP contribution in [0.2, 0.25) is 5.02 Å². The quantitative estimate of drug-likeness (QED) is 0.221. The van der Waals surface area contributed by atoms with E-state index in [0.717, 1.165) is 34.8 Å². The molecule has 0 bridgehead atoms. The first-order valence-corrected chi connectivity index (χ1v) is 11.7. The Labute approximate surface area is 199 Å². The van der Waals surface area contributed by atoms with E-state index < -0.39 is 0 Å². The number of pyridine rings is 1. The van der Waals surface area contributed by atoms with Gasteiger partial charge in [-0.25, -0.2) is 15.0 Å². The lowest BCUT2D eigenvalue weighted by Gasteiger charge is -2.14. The van der Waals surface area contributed by atoms with Crippen molar-refractivity contribution in [2.45, 2.75) is 46.1 Å². The molecule has 3 aromatic rings. The number of nitrogens with zero attached hydrogens (tertiary/aromatic N) is 3. The average Bonchev–Trinajstić information content (AvgIpc) is 2.77. The molecular weight excluding hydrogens is 442 g/mol. The van der Waals surface area contributed by atoms with Crippen molar-refractivity contribution in [1.82, 2.24) is 15.0 Å². The number of hydrogen-bond donors (Lipinski definition) is 4. The topological polar surface area (TPSA) is 113 Å². The van der Waals surface area contributed by atoms with Crippen LogP contribution in [0.4, 0.5) is 17.3 Å². The standard InChI is InChI=1S/C21H24ClN7S.C2H6/c1-4-8-26-21-18(13(3)23)19(24)27-20(28-21)14-5-6-16(15(22)11-14)29-30-17-10-12(2)7-9-25-17;1-2/h5-7,9-11,23,29H,4,8H2,1-3H3,(H3,24,26,27,28);1-2H3. The number of nitrogens with one attached hydrogen (secondary N) is 3. The second-order valence-electron chi connectivity index (χ2n) is 6.78. The van der Waals surface area contributed by atoms with Gasteiger partial charge in [-0.05, 0) is 56.2 Å². The van der Waals surface area contributed by atoms with Crippen LogP contribution in [0.3, 0.4) is 0 Å². The molecule has 0 radical (unpaired) electrons. The Kier molecular flexibility index (Phi) is 9.74. The van der Waals surface area contributed by atoms with Crippen LogP contribution in [0.1, 0.15) is 45.2 Å². The summed E-state index contributed by atoms with van der Waals surface area (Å²) < 4.78 is 3.23. The van der Waals surface area contributed by atoms with E-state index in [1.165, 1.54) is 11.9 Å². The molecule has 170 valence electrons. The van der Waals surface area contributed by atoms with Crippen LogP contribution in [-0.4, -0.2) is 27.2 Å². The number of benzene rings is 1. The van der Waals surface area contributed by atoms with Gasteiger partial charge in [-0.15, -0.1) is 0 Å². The maximum absolute atomic E-state index is 7.98. The van der Waals surface area contributed by atoms with E-state index in [4.69, 9.17) is 22.7 Å². The molecule has 0 saturated heterocycles. The van der Waals surface area contributed by atoms with Crippen LogP contribution in [0, 0.1) is 12.3 Å². The Bertz CT molecular complexity index is 1070. The van der Waals surface area contributed by atoms with Crippen molar-refractivity contribution in [3.05, 3.63) is 52.7 Å². The number of nitrogens with two attached hydrogens (primary N) is 1. The number of halogens is 1. The van der Waals surface area contributed by atoms with E-state index in [-0.39, 0.29) is 5.82 Å². The first-order valence-electron chi connectivity index (χ1n) is 10.5. The number of aromatic nitrogens is 3. The fourth-order valence-electron chi connectivity index (χ4n) is 2.76. The largest absolute Gasteiger partial charge is 0.383 e. The zero-order valence-corrected chi connectivity index (χ0v) is 20.7. The Morgan fingerprint density at radius 1 is 1.19 bits per heavy atom. The minimum Gasteiger partial charge on any atom is -0.383 e. The molecule has 0 atom stereocenters. The zero-order valence-electron chi connectivity index (χ0n) is 19.1. The van der Waals surface area contributed by atoms with Crippen molar-refractivity contribution in [2.24, 2.45) is 0 Å². The molecule has 0 aliphatic carbocycles. The van der Waals surface area contributed by atoms with E-state index in [1.54, 1.807) is 19.2 Å². The molecule has 7 nitrogen and oxygen atoms in total. The molecule has 0 aliphatic rings. The molecule has 32 heavy (non-hydrogen) atoms. The van der Waals surface area contributed by atoms with E-state index in [9.17, 15) is 0 Å². The van der Waals surface area contributed by atoms with Gasteiger partial charge >= 0.3 is 0 Å². The number of anilines is 3. The van der Waals surface area contributed by atoms with Crippen molar-refractivity contribution in [3.63, 3.8) is 0 Å². The van der Waals surface area contributed by atoms with Gasteiger partial charge in [-0.3, -0.25) is 0 Å². The first kappa shape index (κ1) is 25.4. The highest BCUT2D eigenvalue weighted by atomic mass is 35.5. The van der Waals surface area contributed by atoms with Gasteiger partial charge in [0.1, 0.15) is 16.7 Å². The Balaban J connectivity index is 0.00000176. The molecule has 0 unspecified atom stereocenters. The lowest BCUT2D eigenvalue weighted by atomic mass is 10.1. The summed E-state index contributed by atoms with van der Waals surface area (Å²) in [4.78, 5) is 13.3. The van der Waals surface area contributed by atoms with E-state index >= 15 is 0 Å². The molecule has 0 aliphatic heterocycles. The van der Waals surface area contributed by atoms with Crippen molar-refractivity contribution >= 4 is 46.6 Å². The van der Waals surface area contributed by atoms with Crippen molar-refractivity contribution < 1.29 is 0 Å². The summed E-state index contributed by atoms with van der Waals surface area (Å²) in [6, 6.07) is 9.49. The fraction of sp³-hybridized carbons (Fsp3) is 0.304. The molecule has 5 N–H and O–H groups in total. The van der Waals surface area contributed by atoms with E-state index in [1.807, 2.05) is 45.0 Å². The molecule has 9 heteroatoms. The van der Waals surface area contributed by atoms with Gasteiger partial charge in [0.25, 0.3) is 0 Å². The average molecular weight is 472 g/mol. The Morgan fingerprint density at radius 3 is 2.56 bits per heavy atom. The highest BCUT2D eigenvalue weighted by Gasteiger charge is 2.16. The second kappa shape index (κ2) is 12.3. The molecule has 2 heterocycles. The molecule has 0 amide bonds. The molecule has 0 spiro atoms. The number of hydrogen-bond acceptors (Lipinski definition) is 8. The van der Waals surface area contributed by atoms with Crippen molar-refractivity contribution in [1.29, 1.82) is 5.41 Å². The summed E-state index contributed by atoms with van der Waals surface area (Å²) in [5.41, 5.74) is 9.62. The first-order chi connectivity index (χ1) is 15.4. The lowest BCUT2D eigenvalue weighted by molar-refractivity contribution is 0.965. The summed E-state index contributed by atoms with van der Waals surface area (Å²) >= 11 is 7.88. The van der Waals surface area contributed by atoms with Crippen molar-refractivity contribution in [3.8, 4) is 11.4 Å². The summed E-state index contributed by atoms with van der Waals surface area (Å²) in [6.45, 7) is 10.5. The smallest absolute Gasteiger partial charge is 0.163 e. The maximum atomic E-state index is 7.98. The molecule has 0 saturated carbocycles. The monoisotopic (exact) mass is 471 g/mol. The molecular formula is C23H30ClN7S. The van der Waals surface area contributed by atoms with Crippen molar-refractivity contribution in [2.75, 3.05) is 22.3 Å². The van der Waals surface area contributed by atoms with Gasteiger partial charge in [0, 0.05) is 36.0 Å². The number of aryl methyl sites for hydroxylation is 1. The third kappa shape index (κ3) is 6.58. The van der Waals surface area contributed by atoms with Gasteiger partial charge in [0.05, 0.1) is 16.3 Å². The van der Waals surface area contributed by atoms with Gasteiger partial charge < -0.3 is 21.2 Å². The normalized spacial score (nSPS) is 10.2. The second-order valence-corrected chi connectivity index (χ2v) is 8.01. The van der Waals surface area contributed by atoms with Gasteiger partial charge in [-0.1, -0.05) is 32.4 Å². The van der Waals surface area contributed by atoms with Crippen LogP contribution in [-0.2, 0) is 0 Å². The molecule has 0 fully saturated rings. The highest BCUT2D eigenvalue weighted by molar-refractivity contribution is 8.00. The lowest BCUT2D eigenvalue weighted by Crippen LogP contribution is -2.13.